The van der Waals surface area contributed by atoms with E-state index in [-0.39, 0.29) is 54.4 Å². The lowest BCUT2D eigenvalue weighted by atomic mass is 10.1. The molecule has 0 bridgehead atoms. The zero-order valence-electron chi connectivity index (χ0n) is 23.6. The van der Waals surface area contributed by atoms with Crippen LogP contribution in [0.2, 0.25) is 0 Å². The van der Waals surface area contributed by atoms with Crippen molar-refractivity contribution in [3.05, 3.63) is 100 Å². The van der Waals surface area contributed by atoms with Crippen LogP contribution in [0.4, 0.5) is 23.7 Å². The van der Waals surface area contributed by atoms with Crippen LogP contribution in [0.1, 0.15) is 24.2 Å². The van der Waals surface area contributed by atoms with Crippen molar-refractivity contribution >= 4 is 34.6 Å². The fourth-order valence-corrected chi connectivity index (χ4v) is 4.31. The molecule has 44 heavy (non-hydrogen) atoms. The SMILES string of the molecule is CN(C)C(=O)/C=C/CC[C@H](NC(=O)O)C(=O)Nc1cncn(Cc2nc3cc(F)ccc3n2Cc2ccc(F)cc2F)c1=O. The van der Waals surface area contributed by atoms with Crippen molar-refractivity contribution in [1.29, 1.82) is 0 Å². The highest BCUT2D eigenvalue weighted by Gasteiger charge is 2.22. The molecule has 0 fully saturated rings. The first kappa shape index (κ1) is 31.5. The summed E-state index contributed by atoms with van der Waals surface area (Å²) in [5, 5.41) is 13.7. The molecular weight excluding hydrogens is 583 g/mol. The molecule has 230 valence electrons. The second-order valence-electron chi connectivity index (χ2n) is 9.93. The van der Waals surface area contributed by atoms with Crippen LogP contribution in [0, 0.1) is 17.5 Å². The van der Waals surface area contributed by atoms with Gasteiger partial charge in [-0.05, 0) is 37.1 Å². The Kier molecular flexibility index (Phi) is 9.77. The van der Waals surface area contributed by atoms with Gasteiger partial charge < -0.3 is 25.2 Å². The van der Waals surface area contributed by atoms with Crippen molar-refractivity contribution in [2.45, 2.75) is 32.0 Å². The van der Waals surface area contributed by atoms with Gasteiger partial charge in [0.1, 0.15) is 35.0 Å². The lowest BCUT2D eigenvalue weighted by molar-refractivity contribution is -0.123. The van der Waals surface area contributed by atoms with Crippen molar-refractivity contribution < 1.29 is 32.7 Å². The van der Waals surface area contributed by atoms with Gasteiger partial charge in [0.2, 0.25) is 11.8 Å². The average molecular weight is 612 g/mol. The van der Waals surface area contributed by atoms with Crippen molar-refractivity contribution in [2.75, 3.05) is 19.4 Å². The maximum Gasteiger partial charge on any atom is 0.405 e. The van der Waals surface area contributed by atoms with Crippen LogP contribution in [-0.2, 0) is 22.7 Å². The van der Waals surface area contributed by atoms with E-state index in [4.69, 9.17) is 0 Å². The van der Waals surface area contributed by atoms with E-state index in [9.17, 15) is 37.5 Å². The number of allylic oxidation sites excluding steroid dienone is 1. The number of carboxylic acid groups (broad SMARTS) is 1. The number of anilines is 1. The lowest BCUT2D eigenvalue weighted by Crippen LogP contribution is -2.44. The smallest absolute Gasteiger partial charge is 0.405 e. The molecule has 1 atom stereocenters. The van der Waals surface area contributed by atoms with E-state index in [2.05, 4.69) is 20.6 Å². The number of nitrogens with one attached hydrogen (secondary N) is 2. The van der Waals surface area contributed by atoms with Gasteiger partial charge in [0.15, 0.2) is 0 Å². The first-order valence-electron chi connectivity index (χ1n) is 13.2. The Labute approximate surface area is 248 Å². The third-order valence-electron chi connectivity index (χ3n) is 6.54. The number of hydrogen-bond donors (Lipinski definition) is 3. The van der Waals surface area contributed by atoms with Crippen LogP contribution >= 0.6 is 0 Å². The number of imidazole rings is 1. The summed E-state index contributed by atoms with van der Waals surface area (Å²) in [5.41, 5.74) is -0.181. The number of halogens is 3. The fourth-order valence-electron chi connectivity index (χ4n) is 4.31. The lowest BCUT2D eigenvalue weighted by Gasteiger charge is -2.16. The van der Waals surface area contributed by atoms with Crippen LogP contribution in [0.5, 0.6) is 0 Å². The van der Waals surface area contributed by atoms with Crippen molar-refractivity contribution in [2.24, 2.45) is 0 Å². The van der Waals surface area contributed by atoms with Crippen LogP contribution in [0.15, 0.2) is 65.9 Å². The van der Waals surface area contributed by atoms with Crippen molar-refractivity contribution in [3.63, 3.8) is 0 Å². The monoisotopic (exact) mass is 611 g/mol. The first-order valence-corrected chi connectivity index (χ1v) is 13.2. The van der Waals surface area contributed by atoms with Crippen LogP contribution < -0.4 is 16.2 Å². The number of carbonyl (C=O) groups excluding carboxylic acids is 2. The molecule has 2 heterocycles. The minimum absolute atomic E-state index is 0.00960. The molecule has 0 spiro atoms. The average Bonchev–Trinajstić information content (AvgIpc) is 3.28. The molecule has 2 aromatic heterocycles. The molecule has 0 unspecified atom stereocenters. The molecule has 0 saturated heterocycles. The highest BCUT2D eigenvalue weighted by Crippen LogP contribution is 2.21. The Morgan fingerprint density at radius 3 is 2.50 bits per heavy atom. The number of carbonyl (C=O) groups is 3. The summed E-state index contributed by atoms with van der Waals surface area (Å²) in [4.78, 5) is 59.0. The van der Waals surface area contributed by atoms with Gasteiger partial charge >= 0.3 is 6.09 Å². The fraction of sp³-hybridized carbons (Fsp3) is 0.241. The first-order chi connectivity index (χ1) is 20.9. The van der Waals surface area contributed by atoms with Gasteiger partial charge in [-0.1, -0.05) is 12.1 Å². The topological polar surface area (TPSA) is 151 Å². The number of amides is 3. The maximum atomic E-state index is 14.5. The Hall–Kier alpha value is -5.47. The van der Waals surface area contributed by atoms with Crippen LogP contribution in [-0.4, -0.2) is 67.2 Å². The zero-order chi connectivity index (χ0) is 32.0. The van der Waals surface area contributed by atoms with E-state index >= 15 is 0 Å². The highest BCUT2D eigenvalue weighted by atomic mass is 19.1. The minimum Gasteiger partial charge on any atom is -0.465 e. The molecule has 15 heteroatoms. The van der Waals surface area contributed by atoms with Crippen LogP contribution in [0.3, 0.4) is 0 Å². The van der Waals surface area contributed by atoms with E-state index in [1.807, 2.05) is 0 Å². The number of likely N-dealkylation sites (N-methyl/N-ethyl adjacent to an activating group) is 1. The number of aromatic nitrogens is 4. The highest BCUT2D eigenvalue weighted by molar-refractivity contribution is 5.96. The van der Waals surface area contributed by atoms with Crippen molar-refractivity contribution in [3.8, 4) is 0 Å². The number of hydrogen-bond acceptors (Lipinski definition) is 6. The summed E-state index contributed by atoms with van der Waals surface area (Å²) in [7, 11) is 3.13. The molecule has 0 aliphatic heterocycles. The third kappa shape index (κ3) is 7.67. The summed E-state index contributed by atoms with van der Waals surface area (Å²) >= 11 is 0. The Morgan fingerprint density at radius 1 is 1.07 bits per heavy atom. The summed E-state index contributed by atoms with van der Waals surface area (Å²) < 4.78 is 44.6. The third-order valence-corrected chi connectivity index (χ3v) is 6.54. The van der Waals surface area contributed by atoms with Gasteiger partial charge in [-0.2, -0.15) is 0 Å². The standard InChI is InChI=1S/C29H28F3N7O5/c1-37(2)26(40)6-4-3-5-21(36-29(43)44)27(41)35-23-13-33-16-38(28(23)42)15-25-34-22-12-19(31)9-10-24(22)39(25)14-17-7-8-18(30)11-20(17)32/h4,6-13,16,21,36H,3,5,14-15H2,1-2H3,(H,35,41)(H,43,44)/b6-4+/t21-/m0/s1. The Bertz CT molecular complexity index is 1800. The van der Waals surface area contributed by atoms with Crippen LogP contribution in [0.25, 0.3) is 11.0 Å². The molecule has 4 aromatic rings. The molecule has 0 radical (unpaired) electrons. The molecule has 0 saturated carbocycles. The Balaban J connectivity index is 1.58. The van der Waals surface area contributed by atoms with Crippen molar-refractivity contribution in [1.82, 2.24) is 29.3 Å². The predicted octanol–water partition coefficient (Wildman–Crippen LogP) is 3.11. The second-order valence-corrected chi connectivity index (χ2v) is 9.93. The summed E-state index contributed by atoms with van der Waals surface area (Å²) in [6.07, 6.45) is 3.78. The normalized spacial score (nSPS) is 11.9. The van der Waals surface area contributed by atoms with E-state index in [1.165, 1.54) is 47.6 Å². The van der Waals surface area contributed by atoms with E-state index < -0.39 is 41.1 Å². The molecule has 3 amide bonds. The largest absolute Gasteiger partial charge is 0.465 e. The molecule has 12 nitrogen and oxygen atoms in total. The molecule has 4 rings (SSSR count). The maximum absolute atomic E-state index is 14.5. The molecule has 3 N–H and O–H groups in total. The molecule has 0 aliphatic rings. The number of fused-ring (bicyclic) bond motifs is 1. The quantitative estimate of drug-likeness (QED) is 0.221. The summed E-state index contributed by atoms with van der Waals surface area (Å²) in [6.45, 7) is -0.338. The number of benzene rings is 2. The van der Waals surface area contributed by atoms with E-state index in [0.29, 0.717) is 5.52 Å². The van der Waals surface area contributed by atoms with Gasteiger partial charge in [-0.15, -0.1) is 0 Å². The Morgan fingerprint density at radius 2 is 1.80 bits per heavy atom. The minimum atomic E-state index is -1.46. The zero-order valence-corrected chi connectivity index (χ0v) is 23.6. The molecular formula is C29H28F3N7O5. The summed E-state index contributed by atoms with van der Waals surface area (Å²) in [6, 6.07) is 5.67. The van der Waals surface area contributed by atoms with Gasteiger partial charge in [0.25, 0.3) is 5.56 Å². The molecule has 0 aliphatic carbocycles. The predicted molar refractivity (Wildman–Crippen MR) is 153 cm³/mol. The number of rotatable bonds is 11. The summed E-state index contributed by atoms with van der Waals surface area (Å²) in [5.74, 6) is -3.01. The van der Waals surface area contributed by atoms with Gasteiger partial charge in [0, 0.05) is 31.8 Å². The van der Waals surface area contributed by atoms with E-state index in [1.54, 1.807) is 18.7 Å². The molecule has 2 aromatic carbocycles. The second kappa shape index (κ2) is 13.7. The van der Waals surface area contributed by atoms with Gasteiger partial charge in [0.05, 0.1) is 36.6 Å². The van der Waals surface area contributed by atoms with Gasteiger partial charge in [-0.3, -0.25) is 19.0 Å². The van der Waals surface area contributed by atoms with Gasteiger partial charge in [-0.25, -0.2) is 27.9 Å². The van der Waals surface area contributed by atoms with E-state index in [0.717, 1.165) is 22.9 Å². The number of nitrogens with zero attached hydrogens (tertiary/aromatic N) is 5.